The van der Waals surface area contributed by atoms with E-state index in [9.17, 15) is 0 Å². The van der Waals surface area contributed by atoms with E-state index in [1.54, 1.807) is 0 Å². The van der Waals surface area contributed by atoms with Crippen molar-refractivity contribution in [2.45, 2.75) is 38.8 Å². The predicted molar refractivity (Wildman–Crippen MR) is 53.3 cm³/mol. The third kappa shape index (κ3) is 2.46. The minimum absolute atomic E-state index is 0.713. The molecule has 0 radical (unpaired) electrons. The van der Waals surface area contributed by atoms with Gasteiger partial charge in [0.25, 0.3) is 0 Å². The van der Waals surface area contributed by atoms with Crippen molar-refractivity contribution in [2.24, 2.45) is 5.92 Å². The van der Waals surface area contributed by atoms with E-state index in [-0.39, 0.29) is 0 Å². The van der Waals surface area contributed by atoms with E-state index < -0.39 is 0 Å². The van der Waals surface area contributed by atoms with Gasteiger partial charge in [-0.15, -0.1) is 0 Å². The summed E-state index contributed by atoms with van der Waals surface area (Å²) in [7, 11) is 4.29. The van der Waals surface area contributed by atoms with Gasteiger partial charge >= 0.3 is 0 Å². The van der Waals surface area contributed by atoms with Crippen molar-refractivity contribution < 1.29 is 0 Å². The SMILES string of the molecule is CNCC(C)C(C)N(C)C1CC1. The first-order valence-corrected chi connectivity index (χ1v) is 5.03. The molecule has 12 heavy (non-hydrogen) atoms. The van der Waals surface area contributed by atoms with Crippen molar-refractivity contribution in [3.63, 3.8) is 0 Å². The summed E-state index contributed by atoms with van der Waals surface area (Å²) in [6.45, 7) is 5.78. The standard InChI is InChI=1S/C10H22N2/c1-8(7-11-3)9(2)12(4)10-5-6-10/h8-11H,5-7H2,1-4H3. The van der Waals surface area contributed by atoms with E-state index in [1.165, 1.54) is 12.8 Å². The molecule has 2 heteroatoms. The van der Waals surface area contributed by atoms with Gasteiger partial charge in [-0.05, 0) is 46.3 Å². The molecule has 1 aliphatic carbocycles. The summed E-state index contributed by atoms with van der Waals surface area (Å²) in [5.74, 6) is 0.751. The van der Waals surface area contributed by atoms with E-state index in [0.717, 1.165) is 18.5 Å². The Morgan fingerprint density at radius 3 is 2.42 bits per heavy atom. The van der Waals surface area contributed by atoms with E-state index >= 15 is 0 Å². The quantitative estimate of drug-likeness (QED) is 0.669. The lowest BCUT2D eigenvalue weighted by atomic mass is 10.0. The van der Waals surface area contributed by atoms with Crippen LogP contribution in [-0.4, -0.2) is 37.6 Å². The molecule has 2 nitrogen and oxygen atoms in total. The number of nitrogens with zero attached hydrogens (tertiary/aromatic N) is 1. The van der Waals surface area contributed by atoms with E-state index in [4.69, 9.17) is 0 Å². The van der Waals surface area contributed by atoms with Crippen LogP contribution in [0.3, 0.4) is 0 Å². The summed E-state index contributed by atoms with van der Waals surface area (Å²) in [4.78, 5) is 2.53. The molecule has 1 rings (SSSR count). The lowest BCUT2D eigenvalue weighted by molar-refractivity contribution is 0.189. The molecule has 1 aliphatic rings. The van der Waals surface area contributed by atoms with Gasteiger partial charge in [-0.1, -0.05) is 6.92 Å². The molecule has 0 amide bonds. The van der Waals surface area contributed by atoms with Gasteiger partial charge in [0.1, 0.15) is 0 Å². The van der Waals surface area contributed by atoms with Crippen molar-refractivity contribution in [3.05, 3.63) is 0 Å². The molecule has 0 aliphatic heterocycles. The Bertz CT molecular complexity index is 132. The third-order valence-corrected chi connectivity index (χ3v) is 3.11. The molecule has 0 spiro atoms. The summed E-state index contributed by atoms with van der Waals surface area (Å²) in [6, 6.07) is 1.60. The zero-order chi connectivity index (χ0) is 9.14. The Morgan fingerprint density at radius 1 is 1.42 bits per heavy atom. The maximum Gasteiger partial charge on any atom is 0.0104 e. The molecule has 0 saturated heterocycles. The largest absolute Gasteiger partial charge is 0.319 e. The molecule has 1 saturated carbocycles. The van der Waals surface area contributed by atoms with Crippen LogP contribution >= 0.6 is 0 Å². The molecule has 72 valence electrons. The minimum Gasteiger partial charge on any atom is -0.319 e. The monoisotopic (exact) mass is 170 g/mol. The highest BCUT2D eigenvalue weighted by atomic mass is 15.2. The first-order chi connectivity index (χ1) is 5.66. The van der Waals surface area contributed by atoms with E-state index in [0.29, 0.717) is 6.04 Å². The van der Waals surface area contributed by atoms with Gasteiger partial charge in [0.15, 0.2) is 0 Å². The van der Waals surface area contributed by atoms with Crippen LogP contribution in [0.15, 0.2) is 0 Å². The fourth-order valence-corrected chi connectivity index (χ4v) is 1.71. The summed E-state index contributed by atoms with van der Waals surface area (Å²) in [5, 5.41) is 3.24. The summed E-state index contributed by atoms with van der Waals surface area (Å²) >= 11 is 0. The van der Waals surface area contributed by atoms with Crippen molar-refractivity contribution >= 4 is 0 Å². The molecule has 0 aromatic carbocycles. The second kappa shape index (κ2) is 4.24. The number of rotatable bonds is 5. The van der Waals surface area contributed by atoms with Crippen LogP contribution in [0, 0.1) is 5.92 Å². The lowest BCUT2D eigenvalue weighted by Gasteiger charge is -2.29. The number of hydrogen-bond acceptors (Lipinski definition) is 2. The van der Waals surface area contributed by atoms with Crippen molar-refractivity contribution in [1.82, 2.24) is 10.2 Å². The molecule has 2 unspecified atom stereocenters. The normalized spacial score (nSPS) is 22.8. The maximum absolute atomic E-state index is 3.24. The Balaban J connectivity index is 2.28. The van der Waals surface area contributed by atoms with Crippen LogP contribution in [0.5, 0.6) is 0 Å². The predicted octanol–water partition coefficient (Wildman–Crippen LogP) is 1.32. The molecule has 0 aromatic rings. The van der Waals surface area contributed by atoms with Crippen molar-refractivity contribution in [2.75, 3.05) is 20.6 Å². The smallest absolute Gasteiger partial charge is 0.0104 e. The highest BCUT2D eigenvalue weighted by Gasteiger charge is 2.30. The number of hydrogen-bond donors (Lipinski definition) is 1. The average molecular weight is 170 g/mol. The van der Waals surface area contributed by atoms with E-state index in [1.807, 2.05) is 7.05 Å². The summed E-state index contributed by atoms with van der Waals surface area (Å²) in [5.41, 5.74) is 0. The first kappa shape index (κ1) is 10.0. The lowest BCUT2D eigenvalue weighted by Crippen LogP contribution is -2.39. The fraction of sp³-hybridized carbons (Fsp3) is 1.00. The topological polar surface area (TPSA) is 15.3 Å². The highest BCUT2D eigenvalue weighted by molar-refractivity contribution is 4.86. The van der Waals surface area contributed by atoms with Crippen LogP contribution in [0.1, 0.15) is 26.7 Å². The van der Waals surface area contributed by atoms with Crippen LogP contribution in [0.2, 0.25) is 0 Å². The zero-order valence-electron chi connectivity index (χ0n) is 8.80. The van der Waals surface area contributed by atoms with Crippen molar-refractivity contribution in [1.29, 1.82) is 0 Å². The molecule has 1 N–H and O–H groups in total. The Kier molecular flexibility index (Phi) is 3.53. The average Bonchev–Trinajstić information content (AvgIpc) is 2.84. The second-order valence-corrected chi connectivity index (χ2v) is 4.17. The van der Waals surface area contributed by atoms with Crippen molar-refractivity contribution in [3.8, 4) is 0 Å². The van der Waals surface area contributed by atoms with Gasteiger partial charge in [0.05, 0.1) is 0 Å². The fourth-order valence-electron chi connectivity index (χ4n) is 1.71. The molecule has 2 atom stereocenters. The molecule has 0 heterocycles. The van der Waals surface area contributed by atoms with Crippen LogP contribution in [0.25, 0.3) is 0 Å². The van der Waals surface area contributed by atoms with E-state index in [2.05, 4.69) is 31.1 Å². The maximum atomic E-state index is 3.24. The second-order valence-electron chi connectivity index (χ2n) is 4.17. The molecule has 0 bridgehead atoms. The molecular weight excluding hydrogens is 148 g/mol. The van der Waals surface area contributed by atoms with Gasteiger partial charge in [0.2, 0.25) is 0 Å². The molecule has 1 fully saturated rings. The van der Waals surface area contributed by atoms with Gasteiger partial charge in [-0.3, -0.25) is 0 Å². The van der Waals surface area contributed by atoms with Gasteiger partial charge in [-0.2, -0.15) is 0 Å². The van der Waals surface area contributed by atoms with Crippen LogP contribution in [0.4, 0.5) is 0 Å². The molecule has 0 aromatic heterocycles. The Morgan fingerprint density at radius 2 is 2.00 bits per heavy atom. The molecular formula is C10H22N2. The highest BCUT2D eigenvalue weighted by Crippen LogP contribution is 2.28. The third-order valence-electron chi connectivity index (χ3n) is 3.11. The van der Waals surface area contributed by atoms with Crippen LogP contribution < -0.4 is 5.32 Å². The van der Waals surface area contributed by atoms with Gasteiger partial charge in [0, 0.05) is 12.1 Å². The first-order valence-electron chi connectivity index (χ1n) is 5.03. The summed E-state index contributed by atoms with van der Waals surface area (Å²) < 4.78 is 0. The van der Waals surface area contributed by atoms with Gasteiger partial charge < -0.3 is 10.2 Å². The minimum atomic E-state index is 0.713. The Hall–Kier alpha value is -0.0800. The van der Waals surface area contributed by atoms with Gasteiger partial charge in [-0.25, -0.2) is 0 Å². The zero-order valence-corrected chi connectivity index (χ0v) is 8.80. The Labute approximate surface area is 76.3 Å². The number of nitrogens with one attached hydrogen (secondary N) is 1. The van der Waals surface area contributed by atoms with Crippen LogP contribution in [-0.2, 0) is 0 Å². The summed E-state index contributed by atoms with van der Waals surface area (Å²) in [6.07, 6.45) is 2.82.